The highest BCUT2D eigenvalue weighted by molar-refractivity contribution is 6.33. The SMILES string of the molecule is N[C@H](C(=O)O)c1cc(Cl)ccc1Cl. The average molecular weight is 220 g/mol. The van der Waals surface area contributed by atoms with Gasteiger partial charge in [0.15, 0.2) is 0 Å². The maximum absolute atomic E-state index is 10.5. The topological polar surface area (TPSA) is 63.3 Å². The summed E-state index contributed by atoms with van der Waals surface area (Å²) in [5.74, 6) is -1.14. The molecule has 0 aliphatic rings. The van der Waals surface area contributed by atoms with Crippen LogP contribution in [0.4, 0.5) is 0 Å². The summed E-state index contributed by atoms with van der Waals surface area (Å²) in [5.41, 5.74) is 5.69. The van der Waals surface area contributed by atoms with E-state index < -0.39 is 12.0 Å². The van der Waals surface area contributed by atoms with Crippen LogP contribution in [0.15, 0.2) is 18.2 Å². The highest BCUT2D eigenvalue weighted by atomic mass is 35.5. The molecule has 3 N–H and O–H groups in total. The Morgan fingerprint density at radius 3 is 2.62 bits per heavy atom. The first-order valence-electron chi connectivity index (χ1n) is 3.45. The summed E-state index contributed by atoms with van der Waals surface area (Å²) in [6.07, 6.45) is 0. The van der Waals surface area contributed by atoms with Gasteiger partial charge in [0.25, 0.3) is 0 Å². The van der Waals surface area contributed by atoms with Gasteiger partial charge in [0.1, 0.15) is 6.04 Å². The molecule has 13 heavy (non-hydrogen) atoms. The lowest BCUT2D eigenvalue weighted by Crippen LogP contribution is -2.20. The molecule has 0 aromatic heterocycles. The van der Waals surface area contributed by atoms with Gasteiger partial charge in [0, 0.05) is 15.6 Å². The van der Waals surface area contributed by atoms with Gasteiger partial charge in [0.05, 0.1) is 0 Å². The minimum Gasteiger partial charge on any atom is -0.480 e. The Labute approximate surface area is 85.1 Å². The number of carboxylic acids is 1. The summed E-state index contributed by atoms with van der Waals surface area (Å²) >= 11 is 11.4. The maximum atomic E-state index is 10.5. The van der Waals surface area contributed by atoms with E-state index in [1.54, 1.807) is 6.07 Å². The van der Waals surface area contributed by atoms with E-state index in [0.717, 1.165) is 0 Å². The molecule has 3 nitrogen and oxygen atoms in total. The van der Waals surface area contributed by atoms with Crippen molar-refractivity contribution in [2.24, 2.45) is 5.73 Å². The highest BCUT2D eigenvalue weighted by Gasteiger charge is 2.17. The van der Waals surface area contributed by atoms with E-state index in [0.29, 0.717) is 15.6 Å². The zero-order valence-corrected chi connectivity index (χ0v) is 8.01. The molecule has 0 unspecified atom stereocenters. The smallest absolute Gasteiger partial charge is 0.325 e. The summed E-state index contributed by atoms with van der Waals surface area (Å²) in [7, 11) is 0. The van der Waals surface area contributed by atoms with Gasteiger partial charge in [-0.3, -0.25) is 4.79 Å². The quantitative estimate of drug-likeness (QED) is 0.801. The van der Waals surface area contributed by atoms with Crippen molar-refractivity contribution in [3.05, 3.63) is 33.8 Å². The average Bonchev–Trinajstić information content (AvgIpc) is 2.08. The molecular weight excluding hydrogens is 213 g/mol. The molecule has 0 spiro atoms. The molecule has 0 saturated heterocycles. The molecule has 0 aliphatic carbocycles. The second-order valence-corrected chi connectivity index (χ2v) is 3.33. The minimum atomic E-state index is -1.14. The lowest BCUT2D eigenvalue weighted by Gasteiger charge is -2.08. The molecule has 0 radical (unpaired) electrons. The first kappa shape index (κ1) is 10.3. The van der Waals surface area contributed by atoms with Crippen molar-refractivity contribution in [3.63, 3.8) is 0 Å². The minimum absolute atomic E-state index is 0.305. The van der Waals surface area contributed by atoms with Crippen LogP contribution in [0.1, 0.15) is 11.6 Å². The number of nitrogens with two attached hydrogens (primary N) is 1. The zero-order valence-electron chi connectivity index (χ0n) is 6.50. The van der Waals surface area contributed by atoms with Crippen LogP contribution >= 0.6 is 23.2 Å². The molecule has 0 fully saturated rings. The van der Waals surface area contributed by atoms with Crippen LogP contribution in [-0.4, -0.2) is 11.1 Å². The Kier molecular flexibility index (Phi) is 3.14. The van der Waals surface area contributed by atoms with Crippen molar-refractivity contribution >= 4 is 29.2 Å². The van der Waals surface area contributed by atoms with Gasteiger partial charge < -0.3 is 10.8 Å². The highest BCUT2D eigenvalue weighted by Crippen LogP contribution is 2.25. The maximum Gasteiger partial charge on any atom is 0.325 e. The lowest BCUT2D eigenvalue weighted by atomic mass is 10.1. The van der Waals surface area contributed by atoms with Crippen LogP contribution in [0.3, 0.4) is 0 Å². The van der Waals surface area contributed by atoms with Gasteiger partial charge in [-0.25, -0.2) is 0 Å². The predicted octanol–water partition coefficient (Wildman–Crippen LogP) is 2.08. The van der Waals surface area contributed by atoms with Crippen molar-refractivity contribution in [2.45, 2.75) is 6.04 Å². The number of halogens is 2. The standard InChI is InChI=1S/C8H7Cl2NO2/c9-4-1-2-6(10)5(3-4)7(11)8(12)13/h1-3,7H,11H2,(H,12,13)/t7-/m0/s1. The molecule has 0 aliphatic heterocycles. The van der Waals surface area contributed by atoms with Crippen molar-refractivity contribution in [3.8, 4) is 0 Å². The third-order valence-electron chi connectivity index (χ3n) is 1.56. The van der Waals surface area contributed by atoms with Gasteiger partial charge in [-0.15, -0.1) is 0 Å². The predicted molar refractivity (Wildman–Crippen MR) is 51.0 cm³/mol. The molecule has 1 atom stereocenters. The number of aliphatic carboxylic acids is 1. The molecule has 0 bridgehead atoms. The normalized spacial score (nSPS) is 12.5. The second-order valence-electron chi connectivity index (χ2n) is 2.48. The zero-order chi connectivity index (χ0) is 10.0. The molecule has 0 amide bonds. The molecule has 1 aromatic rings. The van der Waals surface area contributed by atoms with E-state index in [4.69, 9.17) is 34.0 Å². The van der Waals surface area contributed by atoms with E-state index in [2.05, 4.69) is 0 Å². The third kappa shape index (κ3) is 2.34. The van der Waals surface area contributed by atoms with Gasteiger partial charge in [0.2, 0.25) is 0 Å². The third-order valence-corrected chi connectivity index (χ3v) is 2.14. The van der Waals surface area contributed by atoms with Gasteiger partial charge in [-0.05, 0) is 18.2 Å². The second kappa shape index (κ2) is 3.96. The fourth-order valence-electron chi connectivity index (χ4n) is 0.886. The summed E-state index contributed by atoms with van der Waals surface area (Å²) in [4.78, 5) is 10.5. The number of benzene rings is 1. The molecule has 0 heterocycles. The number of carboxylic acid groups (broad SMARTS) is 1. The Balaban J connectivity index is 3.12. The van der Waals surface area contributed by atoms with Gasteiger partial charge >= 0.3 is 5.97 Å². The number of rotatable bonds is 2. The number of hydrogen-bond acceptors (Lipinski definition) is 2. The van der Waals surface area contributed by atoms with E-state index >= 15 is 0 Å². The molecule has 1 aromatic carbocycles. The van der Waals surface area contributed by atoms with Crippen LogP contribution in [-0.2, 0) is 4.79 Å². The Morgan fingerprint density at radius 1 is 1.46 bits per heavy atom. The van der Waals surface area contributed by atoms with E-state index in [9.17, 15) is 4.79 Å². The molecular formula is C8H7Cl2NO2. The van der Waals surface area contributed by atoms with Crippen molar-refractivity contribution in [1.29, 1.82) is 0 Å². The van der Waals surface area contributed by atoms with Gasteiger partial charge in [-0.2, -0.15) is 0 Å². The fourth-order valence-corrected chi connectivity index (χ4v) is 1.30. The Morgan fingerprint density at radius 2 is 2.08 bits per heavy atom. The van der Waals surface area contributed by atoms with E-state index in [1.165, 1.54) is 12.1 Å². The van der Waals surface area contributed by atoms with Gasteiger partial charge in [-0.1, -0.05) is 23.2 Å². The summed E-state index contributed by atoms with van der Waals surface area (Å²) < 4.78 is 0. The number of carbonyl (C=O) groups is 1. The van der Waals surface area contributed by atoms with Crippen LogP contribution in [0, 0.1) is 0 Å². The first-order valence-corrected chi connectivity index (χ1v) is 4.21. The fraction of sp³-hybridized carbons (Fsp3) is 0.125. The number of hydrogen-bond donors (Lipinski definition) is 2. The monoisotopic (exact) mass is 219 g/mol. The van der Waals surface area contributed by atoms with Crippen molar-refractivity contribution in [2.75, 3.05) is 0 Å². The molecule has 1 rings (SSSR count). The summed E-state index contributed by atoms with van der Waals surface area (Å²) in [5, 5.41) is 9.34. The Hall–Kier alpha value is -0.770. The van der Waals surface area contributed by atoms with Crippen LogP contribution in [0.2, 0.25) is 10.0 Å². The van der Waals surface area contributed by atoms with Crippen LogP contribution in [0.25, 0.3) is 0 Å². The molecule has 0 saturated carbocycles. The lowest BCUT2D eigenvalue weighted by molar-refractivity contribution is -0.138. The summed E-state index contributed by atoms with van der Waals surface area (Å²) in [6.45, 7) is 0. The van der Waals surface area contributed by atoms with Crippen molar-refractivity contribution < 1.29 is 9.90 Å². The van der Waals surface area contributed by atoms with Crippen molar-refractivity contribution in [1.82, 2.24) is 0 Å². The first-order chi connectivity index (χ1) is 6.02. The van der Waals surface area contributed by atoms with E-state index in [-0.39, 0.29) is 0 Å². The summed E-state index contributed by atoms with van der Waals surface area (Å²) in [6, 6.07) is 3.40. The Bertz CT molecular complexity index is 341. The van der Waals surface area contributed by atoms with Crippen LogP contribution < -0.4 is 5.73 Å². The largest absolute Gasteiger partial charge is 0.480 e. The molecule has 70 valence electrons. The van der Waals surface area contributed by atoms with E-state index in [1.807, 2.05) is 0 Å². The van der Waals surface area contributed by atoms with Crippen LogP contribution in [0.5, 0.6) is 0 Å². The molecule has 5 heteroatoms.